The molecule has 2 N–H and O–H groups in total. The number of amides is 1. The Kier molecular flexibility index (Phi) is 4.29. The molecule has 5 atom stereocenters. The molecule has 0 radical (unpaired) electrons. The van der Waals surface area contributed by atoms with E-state index in [0.29, 0.717) is 25.0 Å². The Morgan fingerprint density at radius 1 is 1.35 bits per heavy atom. The van der Waals surface area contributed by atoms with Gasteiger partial charge in [-0.1, -0.05) is 12.8 Å². The highest BCUT2D eigenvalue weighted by Crippen LogP contribution is 2.33. The van der Waals surface area contributed by atoms with Gasteiger partial charge in [0.15, 0.2) is 0 Å². The van der Waals surface area contributed by atoms with Crippen LogP contribution in [-0.4, -0.2) is 59.9 Å². The summed E-state index contributed by atoms with van der Waals surface area (Å²) in [5.74, 6) is 0.887. The van der Waals surface area contributed by atoms with Crippen LogP contribution in [0.25, 0.3) is 0 Å². The van der Waals surface area contributed by atoms with Crippen LogP contribution in [0.5, 0.6) is 0 Å². The highest BCUT2D eigenvalue weighted by Gasteiger charge is 2.41. The van der Waals surface area contributed by atoms with Crippen LogP contribution in [0.1, 0.15) is 39.0 Å². The number of ether oxygens (including phenoxy) is 1. The van der Waals surface area contributed by atoms with Crippen molar-refractivity contribution < 1.29 is 14.6 Å². The summed E-state index contributed by atoms with van der Waals surface area (Å²) in [6, 6.07) is 0.526. The van der Waals surface area contributed by atoms with Crippen molar-refractivity contribution in [3.05, 3.63) is 0 Å². The molecule has 3 aliphatic rings. The molecule has 20 heavy (non-hydrogen) atoms. The zero-order chi connectivity index (χ0) is 14.1. The smallest absolute Gasteiger partial charge is 0.239 e. The fourth-order valence-corrected chi connectivity index (χ4v) is 4.06. The monoisotopic (exact) mass is 282 g/mol. The van der Waals surface area contributed by atoms with E-state index in [1.54, 1.807) is 0 Å². The summed E-state index contributed by atoms with van der Waals surface area (Å²) in [7, 11) is 0. The van der Waals surface area contributed by atoms with Crippen molar-refractivity contribution in [2.24, 2.45) is 5.92 Å². The fourth-order valence-electron chi connectivity index (χ4n) is 4.06. The third-order valence-corrected chi connectivity index (χ3v) is 5.00. The number of hydrogen-bond acceptors (Lipinski definition) is 4. The van der Waals surface area contributed by atoms with Crippen LogP contribution in [0.2, 0.25) is 0 Å². The third-order valence-electron chi connectivity index (χ3n) is 5.00. The Bertz CT molecular complexity index is 349. The van der Waals surface area contributed by atoms with E-state index in [-0.39, 0.29) is 30.8 Å². The van der Waals surface area contributed by atoms with Crippen molar-refractivity contribution in [2.45, 2.75) is 63.3 Å². The summed E-state index contributed by atoms with van der Waals surface area (Å²) in [4.78, 5) is 14.6. The number of morpholine rings is 1. The minimum atomic E-state index is -0.230. The Morgan fingerprint density at radius 3 is 2.90 bits per heavy atom. The predicted molar refractivity (Wildman–Crippen MR) is 75.3 cm³/mol. The topological polar surface area (TPSA) is 61.8 Å². The van der Waals surface area contributed by atoms with E-state index in [1.807, 2.05) is 11.8 Å². The van der Waals surface area contributed by atoms with E-state index in [1.165, 1.54) is 25.7 Å². The van der Waals surface area contributed by atoms with Gasteiger partial charge in [-0.25, -0.2) is 0 Å². The van der Waals surface area contributed by atoms with Crippen LogP contribution >= 0.6 is 0 Å². The molecular formula is C15H26N2O3. The first kappa shape index (κ1) is 14.3. The van der Waals surface area contributed by atoms with Gasteiger partial charge in [0.25, 0.3) is 0 Å². The SMILES string of the molecule is CC1CN(C(=O)C2CC3CCCCC3N2)CC(CO)O1. The summed E-state index contributed by atoms with van der Waals surface area (Å²) in [6.07, 6.45) is 5.84. The Hall–Kier alpha value is -0.650. The zero-order valence-corrected chi connectivity index (χ0v) is 12.3. The molecule has 5 nitrogen and oxygen atoms in total. The van der Waals surface area contributed by atoms with Crippen molar-refractivity contribution in [3.8, 4) is 0 Å². The van der Waals surface area contributed by atoms with E-state index >= 15 is 0 Å². The van der Waals surface area contributed by atoms with Crippen LogP contribution in [0.15, 0.2) is 0 Å². The van der Waals surface area contributed by atoms with Gasteiger partial charge in [-0.3, -0.25) is 4.79 Å². The first-order valence-corrected chi connectivity index (χ1v) is 7.98. The molecule has 0 aromatic heterocycles. The summed E-state index contributed by atoms with van der Waals surface area (Å²) in [5, 5.41) is 12.8. The lowest BCUT2D eigenvalue weighted by Crippen LogP contribution is -2.54. The Balaban J connectivity index is 1.61. The molecule has 1 saturated carbocycles. The highest BCUT2D eigenvalue weighted by atomic mass is 16.5. The quantitative estimate of drug-likeness (QED) is 0.775. The standard InChI is InChI=1S/C15H26N2O3/c1-10-7-17(8-12(9-18)20-10)15(19)14-6-11-4-2-3-5-13(11)16-14/h10-14,16,18H,2-9H2,1H3. The largest absolute Gasteiger partial charge is 0.394 e. The first-order valence-electron chi connectivity index (χ1n) is 7.98. The maximum absolute atomic E-state index is 12.7. The minimum Gasteiger partial charge on any atom is -0.394 e. The molecule has 0 bridgehead atoms. The summed E-state index contributed by atoms with van der Waals surface area (Å²) in [6.45, 7) is 3.11. The number of hydrogen-bond donors (Lipinski definition) is 2. The molecule has 3 fully saturated rings. The van der Waals surface area contributed by atoms with E-state index in [0.717, 1.165) is 6.42 Å². The van der Waals surface area contributed by atoms with Crippen LogP contribution in [-0.2, 0) is 9.53 Å². The molecule has 5 unspecified atom stereocenters. The number of carbonyl (C=O) groups excluding carboxylic acids is 1. The van der Waals surface area contributed by atoms with Gasteiger partial charge in [0.2, 0.25) is 5.91 Å². The summed E-state index contributed by atoms with van der Waals surface area (Å²) < 4.78 is 5.61. The van der Waals surface area contributed by atoms with Gasteiger partial charge in [0.1, 0.15) is 0 Å². The lowest BCUT2D eigenvalue weighted by Gasteiger charge is -2.37. The molecule has 3 rings (SSSR count). The lowest BCUT2D eigenvalue weighted by atomic mass is 9.85. The molecule has 2 aliphatic heterocycles. The van der Waals surface area contributed by atoms with Gasteiger partial charge in [0.05, 0.1) is 24.9 Å². The highest BCUT2D eigenvalue weighted by molar-refractivity contribution is 5.82. The molecule has 0 aromatic rings. The lowest BCUT2D eigenvalue weighted by molar-refractivity contribution is -0.149. The fraction of sp³-hybridized carbons (Fsp3) is 0.933. The molecule has 5 heteroatoms. The average Bonchev–Trinajstić information content (AvgIpc) is 2.89. The van der Waals surface area contributed by atoms with Gasteiger partial charge >= 0.3 is 0 Å². The van der Waals surface area contributed by atoms with Gasteiger partial charge in [-0.05, 0) is 32.1 Å². The number of rotatable bonds is 2. The molecule has 0 spiro atoms. The number of aliphatic hydroxyl groups excluding tert-OH is 1. The number of fused-ring (bicyclic) bond motifs is 1. The first-order chi connectivity index (χ1) is 9.67. The average molecular weight is 282 g/mol. The van der Waals surface area contributed by atoms with E-state index in [2.05, 4.69) is 5.32 Å². The molecule has 0 aromatic carbocycles. The van der Waals surface area contributed by atoms with E-state index in [4.69, 9.17) is 4.74 Å². The molecule has 114 valence electrons. The molecule has 1 amide bonds. The van der Waals surface area contributed by atoms with Crippen molar-refractivity contribution in [3.63, 3.8) is 0 Å². The van der Waals surface area contributed by atoms with E-state index in [9.17, 15) is 9.90 Å². The van der Waals surface area contributed by atoms with Gasteiger partial charge < -0.3 is 20.1 Å². The minimum absolute atomic E-state index is 0.00790. The maximum Gasteiger partial charge on any atom is 0.239 e. The van der Waals surface area contributed by atoms with E-state index < -0.39 is 0 Å². The second kappa shape index (κ2) is 6.00. The molecule has 1 aliphatic carbocycles. The van der Waals surface area contributed by atoms with Crippen molar-refractivity contribution in [2.75, 3.05) is 19.7 Å². The van der Waals surface area contributed by atoms with Gasteiger partial charge in [-0.15, -0.1) is 0 Å². The normalized spacial score (nSPS) is 41.5. The van der Waals surface area contributed by atoms with Crippen molar-refractivity contribution in [1.29, 1.82) is 0 Å². The number of aliphatic hydroxyl groups is 1. The van der Waals surface area contributed by atoms with Crippen LogP contribution < -0.4 is 5.32 Å². The summed E-state index contributed by atoms with van der Waals surface area (Å²) in [5.41, 5.74) is 0. The predicted octanol–water partition coefficient (Wildman–Crippen LogP) is 0.515. The Morgan fingerprint density at radius 2 is 2.15 bits per heavy atom. The number of carbonyl (C=O) groups is 1. The second-order valence-corrected chi connectivity index (χ2v) is 6.60. The van der Waals surface area contributed by atoms with Gasteiger partial charge in [-0.2, -0.15) is 0 Å². The summed E-state index contributed by atoms with van der Waals surface area (Å²) >= 11 is 0. The maximum atomic E-state index is 12.7. The van der Waals surface area contributed by atoms with Crippen LogP contribution in [0.4, 0.5) is 0 Å². The molecular weight excluding hydrogens is 256 g/mol. The molecule has 2 saturated heterocycles. The Labute approximate surface area is 120 Å². The second-order valence-electron chi connectivity index (χ2n) is 6.60. The van der Waals surface area contributed by atoms with Crippen LogP contribution in [0.3, 0.4) is 0 Å². The third kappa shape index (κ3) is 2.85. The van der Waals surface area contributed by atoms with Crippen molar-refractivity contribution in [1.82, 2.24) is 10.2 Å². The number of nitrogens with one attached hydrogen (secondary N) is 1. The molecule has 2 heterocycles. The van der Waals surface area contributed by atoms with Crippen molar-refractivity contribution >= 4 is 5.91 Å². The zero-order valence-electron chi connectivity index (χ0n) is 12.3. The van der Waals surface area contributed by atoms with Crippen LogP contribution in [0, 0.1) is 5.92 Å². The number of nitrogens with zero attached hydrogens (tertiary/aromatic N) is 1. The van der Waals surface area contributed by atoms with Gasteiger partial charge in [0, 0.05) is 19.1 Å².